The maximum absolute atomic E-state index is 5.38. The van der Waals surface area contributed by atoms with E-state index in [0.29, 0.717) is 5.82 Å². The van der Waals surface area contributed by atoms with E-state index in [1.807, 2.05) is 35.6 Å². The monoisotopic (exact) mass is 744 g/mol. The van der Waals surface area contributed by atoms with E-state index in [-0.39, 0.29) is 0 Å². The quantitative estimate of drug-likeness (QED) is 0.176. The van der Waals surface area contributed by atoms with Crippen LogP contribution in [0.4, 0.5) is 0 Å². The maximum atomic E-state index is 5.38. The topological polar surface area (TPSA) is 35.6 Å². The Morgan fingerprint density at radius 2 is 0.965 bits per heavy atom. The second-order valence-corrected chi connectivity index (χ2v) is 15.6. The molecule has 12 aromatic rings. The summed E-state index contributed by atoms with van der Waals surface area (Å²) in [6.45, 7) is 0. The average Bonchev–Trinajstić information content (AvgIpc) is 3.95. The molecule has 0 bridgehead atoms. The number of nitrogens with zero attached hydrogens (tertiary/aromatic N) is 4. The van der Waals surface area contributed by atoms with E-state index < -0.39 is 0 Å². The van der Waals surface area contributed by atoms with Crippen molar-refractivity contribution in [3.63, 3.8) is 0 Å². The predicted molar refractivity (Wildman–Crippen MR) is 240 cm³/mol. The number of rotatable bonds is 5. The first-order chi connectivity index (χ1) is 28.3. The summed E-state index contributed by atoms with van der Waals surface area (Å²) in [5.41, 5.74) is 11.0. The Balaban J connectivity index is 1.18. The normalized spacial score (nSPS) is 11.9. The van der Waals surface area contributed by atoms with Crippen LogP contribution in [0, 0.1) is 0 Å². The van der Waals surface area contributed by atoms with Gasteiger partial charge >= 0.3 is 0 Å². The van der Waals surface area contributed by atoms with Gasteiger partial charge in [0.05, 0.1) is 27.8 Å². The van der Waals surface area contributed by atoms with Gasteiger partial charge in [0, 0.05) is 64.6 Å². The fourth-order valence-corrected chi connectivity index (χ4v) is 10.1. The Labute approximate surface area is 332 Å². The molecule has 4 aromatic heterocycles. The molecule has 0 spiro atoms. The van der Waals surface area contributed by atoms with E-state index in [2.05, 4.69) is 179 Å². The van der Waals surface area contributed by atoms with E-state index >= 15 is 0 Å². The third-order valence-electron chi connectivity index (χ3n) is 11.3. The zero-order valence-electron chi connectivity index (χ0n) is 30.7. The molecule has 0 saturated carbocycles. The Morgan fingerprint density at radius 1 is 0.386 bits per heavy atom. The van der Waals surface area contributed by atoms with Gasteiger partial charge in [-0.25, -0.2) is 9.97 Å². The summed E-state index contributed by atoms with van der Waals surface area (Å²) in [6, 6.07) is 69.5. The molecule has 0 saturated heterocycles. The minimum atomic E-state index is 0.689. The van der Waals surface area contributed by atoms with Crippen molar-refractivity contribution in [3.8, 4) is 45.3 Å². The summed E-state index contributed by atoms with van der Waals surface area (Å²) in [5.74, 6) is 1.51. The van der Waals surface area contributed by atoms with Crippen LogP contribution in [0.5, 0.6) is 0 Å². The van der Waals surface area contributed by atoms with E-state index in [1.165, 1.54) is 52.8 Å². The summed E-state index contributed by atoms with van der Waals surface area (Å²) in [7, 11) is 0. The Bertz CT molecular complexity index is 3460. The third-order valence-corrected chi connectivity index (χ3v) is 12.6. The molecule has 0 aliphatic rings. The van der Waals surface area contributed by atoms with Crippen molar-refractivity contribution in [2.24, 2.45) is 0 Å². The molecule has 0 aliphatic carbocycles. The van der Waals surface area contributed by atoms with Gasteiger partial charge in [0.1, 0.15) is 5.82 Å². The molecule has 0 N–H and O–H groups in total. The van der Waals surface area contributed by atoms with Crippen molar-refractivity contribution in [1.82, 2.24) is 19.1 Å². The first-order valence-electron chi connectivity index (χ1n) is 19.3. The van der Waals surface area contributed by atoms with Gasteiger partial charge in [0.15, 0.2) is 5.82 Å². The molecule has 0 unspecified atom stereocenters. The van der Waals surface area contributed by atoms with Gasteiger partial charge < -0.3 is 4.57 Å². The van der Waals surface area contributed by atoms with E-state index in [0.717, 1.165) is 50.4 Å². The van der Waals surface area contributed by atoms with Crippen LogP contribution in [-0.2, 0) is 0 Å². The van der Waals surface area contributed by atoms with E-state index in [4.69, 9.17) is 9.97 Å². The SMILES string of the molecule is c1ccc(-c2cc(-n3c4ccccc4c4ccc5c6ccccc6n(-c6cccc(-c7cccc8c7sc7ccccc78)c6)c5c43)nc(-c3ccccc3)n2)cc1. The van der Waals surface area contributed by atoms with Gasteiger partial charge in [-0.05, 0) is 41.5 Å². The molecular formula is C52H32N4S. The highest BCUT2D eigenvalue weighted by Crippen LogP contribution is 2.44. The van der Waals surface area contributed by atoms with Crippen LogP contribution in [0.15, 0.2) is 194 Å². The average molecular weight is 745 g/mol. The van der Waals surface area contributed by atoms with Crippen LogP contribution in [0.25, 0.3) is 109 Å². The lowest BCUT2D eigenvalue weighted by Crippen LogP contribution is -2.04. The van der Waals surface area contributed by atoms with Gasteiger partial charge in [-0.2, -0.15) is 0 Å². The molecule has 8 aromatic carbocycles. The molecule has 266 valence electrons. The Kier molecular flexibility index (Phi) is 7.06. The third kappa shape index (κ3) is 4.93. The molecule has 12 rings (SSSR count). The second kappa shape index (κ2) is 12.6. The second-order valence-electron chi connectivity index (χ2n) is 14.6. The number of hydrogen-bond acceptors (Lipinski definition) is 3. The molecule has 0 atom stereocenters. The van der Waals surface area contributed by atoms with Crippen molar-refractivity contribution in [1.29, 1.82) is 0 Å². The van der Waals surface area contributed by atoms with Gasteiger partial charge in [-0.1, -0.05) is 158 Å². The number of thiophene rings is 1. The van der Waals surface area contributed by atoms with Gasteiger partial charge in [-0.15, -0.1) is 11.3 Å². The van der Waals surface area contributed by atoms with E-state index in [9.17, 15) is 0 Å². The molecular weight excluding hydrogens is 713 g/mol. The minimum Gasteiger partial charge on any atom is -0.307 e. The number of para-hydroxylation sites is 2. The molecule has 0 amide bonds. The lowest BCUT2D eigenvalue weighted by Gasteiger charge is -2.15. The largest absolute Gasteiger partial charge is 0.307 e. The number of fused-ring (bicyclic) bond motifs is 10. The molecule has 0 fully saturated rings. The zero-order chi connectivity index (χ0) is 37.5. The van der Waals surface area contributed by atoms with Crippen molar-refractivity contribution < 1.29 is 0 Å². The summed E-state index contributed by atoms with van der Waals surface area (Å²) in [5, 5.41) is 7.37. The molecule has 57 heavy (non-hydrogen) atoms. The molecule has 4 nitrogen and oxygen atoms in total. The van der Waals surface area contributed by atoms with Gasteiger partial charge in [-0.3, -0.25) is 4.57 Å². The lowest BCUT2D eigenvalue weighted by atomic mass is 10.0. The van der Waals surface area contributed by atoms with Crippen LogP contribution in [-0.4, -0.2) is 19.1 Å². The fraction of sp³-hybridized carbons (Fsp3) is 0. The van der Waals surface area contributed by atoms with Gasteiger partial charge in [0.25, 0.3) is 0 Å². The summed E-state index contributed by atoms with van der Waals surface area (Å²) in [4.78, 5) is 10.5. The smallest absolute Gasteiger partial charge is 0.162 e. The highest BCUT2D eigenvalue weighted by atomic mass is 32.1. The van der Waals surface area contributed by atoms with Gasteiger partial charge in [0.2, 0.25) is 0 Å². The lowest BCUT2D eigenvalue weighted by molar-refractivity contribution is 1.05. The van der Waals surface area contributed by atoms with Crippen molar-refractivity contribution >= 4 is 75.1 Å². The first kappa shape index (κ1) is 32.0. The maximum Gasteiger partial charge on any atom is 0.162 e. The van der Waals surface area contributed by atoms with Crippen LogP contribution in [0.3, 0.4) is 0 Å². The van der Waals surface area contributed by atoms with Crippen molar-refractivity contribution in [3.05, 3.63) is 194 Å². The molecule has 5 heteroatoms. The number of hydrogen-bond donors (Lipinski definition) is 0. The van der Waals surface area contributed by atoms with Crippen LogP contribution < -0.4 is 0 Å². The van der Waals surface area contributed by atoms with Crippen molar-refractivity contribution in [2.75, 3.05) is 0 Å². The van der Waals surface area contributed by atoms with Crippen LogP contribution >= 0.6 is 11.3 Å². The highest BCUT2D eigenvalue weighted by molar-refractivity contribution is 7.26. The predicted octanol–water partition coefficient (Wildman–Crippen LogP) is 14.0. The number of aromatic nitrogens is 4. The molecule has 4 heterocycles. The minimum absolute atomic E-state index is 0.689. The fourth-order valence-electron chi connectivity index (χ4n) is 8.82. The molecule has 0 radical (unpaired) electrons. The highest BCUT2D eigenvalue weighted by Gasteiger charge is 2.23. The van der Waals surface area contributed by atoms with Crippen LogP contribution in [0.2, 0.25) is 0 Å². The molecule has 0 aliphatic heterocycles. The summed E-state index contributed by atoms with van der Waals surface area (Å²) >= 11 is 1.87. The van der Waals surface area contributed by atoms with E-state index in [1.54, 1.807) is 0 Å². The number of benzene rings is 8. The Morgan fingerprint density at radius 3 is 1.72 bits per heavy atom. The summed E-state index contributed by atoms with van der Waals surface area (Å²) in [6.07, 6.45) is 0. The standard InChI is InChI=1S/C52H32N4S/c1-3-15-33(16-4-1)44-32-48(54-52(53-44)34-17-5-2-6-18-34)56-46-27-11-8-22-39(46)42-30-29-41-38-21-7-10-26-45(38)55(49(41)50(42)56)36-20-13-19-35(31-36)37-24-14-25-43-40-23-9-12-28-47(40)57-51(37)43/h1-32H. The van der Waals surface area contributed by atoms with Crippen molar-refractivity contribution in [2.45, 2.75) is 0 Å². The first-order valence-corrected chi connectivity index (χ1v) is 20.1. The summed E-state index contributed by atoms with van der Waals surface area (Å²) < 4.78 is 7.45. The zero-order valence-corrected chi connectivity index (χ0v) is 31.5. The Hall–Kier alpha value is -7.34. The van der Waals surface area contributed by atoms with Crippen LogP contribution in [0.1, 0.15) is 0 Å².